The van der Waals surface area contributed by atoms with Gasteiger partial charge in [0, 0.05) is 43.1 Å². The van der Waals surface area contributed by atoms with Gasteiger partial charge in [-0.1, -0.05) is 157 Å². The van der Waals surface area contributed by atoms with Gasteiger partial charge in [0.15, 0.2) is 5.76 Å². The van der Waals surface area contributed by atoms with E-state index in [2.05, 4.69) is 174 Å². The van der Waals surface area contributed by atoms with Crippen molar-refractivity contribution in [1.29, 1.82) is 0 Å². The summed E-state index contributed by atoms with van der Waals surface area (Å²) in [6.45, 7) is 4.37. The van der Waals surface area contributed by atoms with Crippen molar-refractivity contribution >= 4 is 104 Å². The molecule has 13 rings (SSSR count). The average Bonchev–Trinajstić information content (AvgIpc) is 4.06. The van der Waals surface area contributed by atoms with Gasteiger partial charge in [-0.15, -0.1) is 0 Å². The number of benzene rings is 9. The van der Waals surface area contributed by atoms with Gasteiger partial charge in [0.05, 0.1) is 33.9 Å². The summed E-state index contributed by atoms with van der Waals surface area (Å²) in [4.78, 5) is 4.84. The molecule has 9 aromatic carbocycles. The SMILES string of the molecule is CC(c1oc2ccccc2c1N=CN)(c1cccc2ccccc12)n1c2ccccc2c2c3c(ccc21)ccc1c3c2cccc3c4ccccc4n1c32.Cc1ccccc1. The zero-order valence-corrected chi connectivity index (χ0v) is 33.8. The molecule has 13 aromatic rings. The normalized spacial score (nSPS) is 13.2. The third-order valence-corrected chi connectivity index (χ3v) is 12.9. The molecule has 0 aliphatic rings. The van der Waals surface area contributed by atoms with Gasteiger partial charge in [0.1, 0.15) is 16.8 Å². The summed E-state index contributed by atoms with van der Waals surface area (Å²) in [6, 6.07) is 67.1. The van der Waals surface area contributed by atoms with Crippen molar-refractivity contribution < 1.29 is 4.42 Å². The molecule has 4 heterocycles. The zero-order chi connectivity index (χ0) is 40.8. The van der Waals surface area contributed by atoms with Crippen molar-refractivity contribution in [3.05, 3.63) is 205 Å². The second-order valence-corrected chi connectivity index (χ2v) is 16.2. The summed E-state index contributed by atoms with van der Waals surface area (Å²) in [5.41, 5.74) is 15.1. The molecule has 0 saturated carbocycles. The first-order valence-electron chi connectivity index (χ1n) is 20.8. The lowest BCUT2D eigenvalue weighted by molar-refractivity contribution is 0.397. The molecule has 61 heavy (non-hydrogen) atoms. The second kappa shape index (κ2) is 13.3. The highest BCUT2D eigenvalue weighted by molar-refractivity contribution is 6.35. The van der Waals surface area contributed by atoms with Crippen LogP contribution >= 0.6 is 0 Å². The van der Waals surface area contributed by atoms with Crippen molar-refractivity contribution in [2.75, 3.05) is 0 Å². The largest absolute Gasteiger partial charge is 0.456 e. The third kappa shape index (κ3) is 4.92. The number of furan rings is 1. The van der Waals surface area contributed by atoms with Gasteiger partial charge < -0.3 is 19.1 Å². The predicted molar refractivity (Wildman–Crippen MR) is 257 cm³/mol. The Labute approximate surface area is 351 Å². The van der Waals surface area contributed by atoms with E-state index in [0.717, 1.165) is 49.8 Å². The van der Waals surface area contributed by atoms with Crippen LogP contribution in [0.25, 0.3) is 92.4 Å². The summed E-state index contributed by atoms with van der Waals surface area (Å²) in [5.74, 6) is 0.731. The van der Waals surface area contributed by atoms with E-state index >= 15 is 0 Å². The Bertz CT molecular complexity index is 3860. The van der Waals surface area contributed by atoms with E-state index in [1.807, 2.05) is 36.4 Å². The van der Waals surface area contributed by atoms with Crippen LogP contribution in [0.15, 0.2) is 197 Å². The fraction of sp³-hybridized carbons (Fsp3) is 0.0536. The molecule has 2 N–H and O–H groups in total. The van der Waals surface area contributed by atoms with E-state index in [4.69, 9.17) is 15.1 Å². The monoisotopic (exact) mass is 784 g/mol. The minimum atomic E-state index is -0.879. The minimum Gasteiger partial charge on any atom is -0.456 e. The van der Waals surface area contributed by atoms with Crippen molar-refractivity contribution in [3.63, 3.8) is 0 Å². The molecule has 0 saturated heterocycles. The molecular formula is C56H40N4O. The predicted octanol–water partition coefficient (Wildman–Crippen LogP) is 14.4. The maximum atomic E-state index is 7.02. The number of hydrogen-bond donors (Lipinski definition) is 1. The third-order valence-electron chi connectivity index (χ3n) is 12.9. The Kier molecular flexibility index (Phi) is 7.66. The molecule has 0 aliphatic carbocycles. The van der Waals surface area contributed by atoms with Crippen LogP contribution in [-0.4, -0.2) is 15.3 Å². The topological polar surface area (TPSA) is 60.9 Å². The van der Waals surface area contributed by atoms with E-state index < -0.39 is 5.54 Å². The van der Waals surface area contributed by atoms with Crippen LogP contribution in [0.3, 0.4) is 0 Å². The quantitative estimate of drug-likeness (QED) is 0.143. The van der Waals surface area contributed by atoms with Crippen molar-refractivity contribution in [2.24, 2.45) is 10.7 Å². The molecule has 0 aliphatic heterocycles. The number of rotatable bonds is 4. The van der Waals surface area contributed by atoms with Gasteiger partial charge in [-0.05, 0) is 72.0 Å². The number of fused-ring (bicyclic) bond motifs is 14. The highest BCUT2D eigenvalue weighted by Crippen LogP contribution is 2.51. The number of aliphatic imine (C=N–C) groups is 1. The Hall–Kier alpha value is -7.89. The summed E-state index contributed by atoms with van der Waals surface area (Å²) in [7, 11) is 0. The van der Waals surface area contributed by atoms with E-state index in [-0.39, 0.29) is 0 Å². The second-order valence-electron chi connectivity index (χ2n) is 16.2. The lowest BCUT2D eigenvalue weighted by Gasteiger charge is -2.34. The van der Waals surface area contributed by atoms with E-state index in [0.29, 0.717) is 0 Å². The van der Waals surface area contributed by atoms with Gasteiger partial charge >= 0.3 is 0 Å². The molecule has 1 unspecified atom stereocenters. The molecule has 290 valence electrons. The number of aryl methyl sites for hydroxylation is 1. The van der Waals surface area contributed by atoms with Gasteiger partial charge in [-0.2, -0.15) is 0 Å². The van der Waals surface area contributed by atoms with Gasteiger partial charge in [0.2, 0.25) is 0 Å². The van der Waals surface area contributed by atoms with Crippen LogP contribution in [0.5, 0.6) is 0 Å². The Balaban J connectivity index is 0.000000521. The van der Waals surface area contributed by atoms with Gasteiger partial charge in [-0.3, -0.25) is 0 Å². The Morgan fingerprint density at radius 1 is 0.492 bits per heavy atom. The molecule has 0 radical (unpaired) electrons. The molecular weight excluding hydrogens is 745 g/mol. The lowest BCUT2D eigenvalue weighted by Crippen LogP contribution is -2.33. The molecule has 0 spiro atoms. The molecule has 5 nitrogen and oxygen atoms in total. The van der Waals surface area contributed by atoms with Crippen LogP contribution in [0.1, 0.15) is 23.8 Å². The summed E-state index contributed by atoms with van der Waals surface area (Å²) in [6.07, 6.45) is 1.38. The van der Waals surface area contributed by atoms with Crippen molar-refractivity contribution in [1.82, 2.24) is 8.97 Å². The van der Waals surface area contributed by atoms with Crippen LogP contribution in [0.4, 0.5) is 5.69 Å². The summed E-state index contributed by atoms with van der Waals surface area (Å²) in [5, 5.41) is 13.2. The van der Waals surface area contributed by atoms with E-state index in [9.17, 15) is 0 Å². The highest BCUT2D eigenvalue weighted by atomic mass is 16.3. The van der Waals surface area contributed by atoms with Crippen LogP contribution in [-0.2, 0) is 5.54 Å². The Morgan fingerprint density at radius 2 is 1.10 bits per heavy atom. The van der Waals surface area contributed by atoms with Crippen LogP contribution < -0.4 is 5.73 Å². The number of nitrogens with two attached hydrogens (primary N) is 1. The maximum Gasteiger partial charge on any atom is 0.161 e. The standard InChI is InChI=1S/C49H32N4O.C7H8/c1-49(37-20-10-13-29-12-2-3-14-31(29)37,48-46(51-28-50)35-17-6-9-23-42(35)54-48)53-39-22-8-5-16-34(39)44-41(53)27-25-30-24-26-40-45(43(30)44)36-19-11-18-33-32-15-4-7-21-38(32)52(40)47(33)36;1-7-5-3-2-4-6-7/h2-28H,1H3,(H2,50,51);2-6H,1H3. The molecule has 0 bridgehead atoms. The lowest BCUT2D eigenvalue weighted by atomic mass is 9.84. The molecule has 0 amide bonds. The van der Waals surface area contributed by atoms with Crippen molar-refractivity contribution in [2.45, 2.75) is 19.4 Å². The van der Waals surface area contributed by atoms with Crippen LogP contribution in [0, 0.1) is 6.92 Å². The molecule has 4 aromatic heterocycles. The number of hydrogen-bond acceptors (Lipinski definition) is 2. The molecule has 1 atom stereocenters. The fourth-order valence-electron chi connectivity index (χ4n) is 10.4. The van der Waals surface area contributed by atoms with Crippen molar-refractivity contribution in [3.8, 4) is 0 Å². The highest BCUT2D eigenvalue weighted by Gasteiger charge is 2.41. The number of aromatic nitrogens is 2. The fourth-order valence-corrected chi connectivity index (χ4v) is 10.4. The van der Waals surface area contributed by atoms with Gasteiger partial charge in [-0.25, -0.2) is 4.99 Å². The van der Waals surface area contributed by atoms with E-state index in [1.165, 1.54) is 71.5 Å². The van der Waals surface area contributed by atoms with E-state index in [1.54, 1.807) is 0 Å². The number of para-hydroxylation sites is 4. The maximum absolute atomic E-state index is 7.02. The minimum absolute atomic E-state index is 0.731. The smallest absolute Gasteiger partial charge is 0.161 e. The Morgan fingerprint density at radius 3 is 1.89 bits per heavy atom. The first kappa shape index (κ1) is 35.1. The van der Waals surface area contributed by atoms with Gasteiger partial charge in [0.25, 0.3) is 0 Å². The molecule has 5 heteroatoms. The summed E-state index contributed by atoms with van der Waals surface area (Å²) >= 11 is 0. The molecule has 0 fully saturated rings. The zero-order valence-electron chi connectivity index (χ0n) is 33.8. The number of nitrogens with zero attached hydrogens (tertiary/aromatic N) is 3. The first-order chi connectivity index (χ1) is 30.1. The average molecular weight is 785 g/mol. The summed E-state index contributed by atoms with van der Waals surface area (Å²) < 4.78 is 12.0. The first-order valence-corrected chi connectivity index (χ1v) is 20.8. The van der Waals surface area contributed by atoms with Crippen LogP contribution in [0.2, 0.25) is 0 Å².